The molecule has 1 aliphatic heterocycles. The number of benzene rings is 1. The average Bonchev–Trinajstić information content (AvgIpc) is 2.74. The number of alkyl halides is 3. The van der Waals surface area contributed by atoms with Gasteiger partial charge in [-0.25, -0.2) is 4.98 Å². The van der Waals surface area contributed by atoms with Gasteiger partial charge < -0.3 is 15.4 Å². The average molecular weight is 470 g/mol. The predicted molar refractivity (Wildman–Crippen MR) is 111 cm³/mol. The maximum atomic E-state index is 12.8. The number of anilines is 2. The standard InChI is InChI=1S/C19H21F3N6O5/c1-33-14-8-12(28(31)32)2-3-13(14)24-17(30)10-27-6-4-11(5-7-27)23-18-25-15(19(20,21)22)9-16(29)26-18/h2-3,8-9,11H,4-7,10H2,1H3,(H,24,30)(H2,23,25,26,29). The van der Waals surface area contributed by atoms with Crippen LogP contribution in [0.15, 0.2) is 29.1 Å². The zero-order chi connectivity index (χ0) is 24.2. The van der Waals surface area contributed by atoms with Crippen molar-refractivity contribution < 1.29 is 27.6 Å². The SMILES string of the molecule is COc1cc([N+](=O)[O-])ccc1NC(=O)CN1CCC(Nc2nc(C(F)(F)F)cc(=O)[nH]2)CC1. The molecule has 2 heterocycles. The number of H-pyrrole nitrogens is 1. The molecule has 0 radical (unpaired) electrons. The molecule has 1 aromatic carbocycles. The third-order valence-electron chi connectivity index (χ3n) is 5.00. The van der Waals surface area contributed by atoms with Crippen molar-refractivity contribution in [1.82, 2.24) is 14.9 Å². The fourth-order valence-corrected chi connectivity index (χ4v) is 3.39. The summed E-state index contributed by atoms with van der Waals surface area (Å²) in [5.74, 6) is -0.447. The summed E-state index contributed by atoms with van der Waals surface area (Å²) in [4.78, 5) is 41.7. The Hall–Kier alpha value is -3.68. The molecule has 1 aliphatic rings. The van der Waals surface area contributed by atoms with Gasteiger partial charge in [-0.05, 0) is 18.9 Å². The van der Waals surface area contributed by atoms with Crippen molar-refractivity contribution in [3.63, 3.8) is 0 Å². The smallest absolute Gasteiger partial charge is 0.433 e. The molecular formula is C19H21F3N6O5. The van der Waals surface area contributed by atoms with Crippen molar-refractivity contribution in [2.45, 2.75) is 25.1 Å². The minimum atomic E-state index is -4.73. The number of rotatable bonds is 7. The number of halogens is 3. The number of hydrogen-bond acceptors (Lipinski definition) is 8. The van der Waals surface area contributed by atoms with Crippen molar-refractivity contribution in [2.24, 2.45) is 0 Å². The normalized spacial score (nSPS) is 15.2. The quantitative estimate of drug-likeness (QED) is 0.413. The van der Waals surface area contributed by atoms with Gasteiger partial charge >= 0.3 is 6.18 Å². The Bertz CT molecular complexity index is 1080. The molecule has 14 heteroatoms. The van der Waals surface area contributed by atoms with Crippen LogP contribution in [0.1, 0.15) is 18.5 Å². The van der Waals surface area contributed by atoms with Gasteiger partial charge in [0.2, 0.25) is 11.9 Å². The molecule has 0 aliphatic carbocycles. The second kappa shape index (κ2) is 9.85. The van der Waals surface area contributed by atoms with Crippen molar-refractivity contribution in [1.29, 1.82) is 0 Å². The van der Waals surface area contributed by atoms with E-state index in [0.717, 1.165) is 0 Å². The lowest BCUT2D eigenvalue weighted by molar-refractivity contribution is -0.384. The van der Waals surface area contributed by atoms with Crippen molar-refractivity contribution in [3.05, 3.63) is 50.4 Å². The third kappa shape index (κ3) is 6.41. The highest BCUT2D eigenvalue weighted by molar-refractivity contribution is 5.93. The zero-order valence-electron chi connectivity index (χ0n) is 17.4. The van der Waals surface area contributed by atoms with Crippen molar-refractivity contribution in [3.8, 4) is 5.75 Å². The lowest BCUT2D eigenvalue weighted by atomic mass is 10.1. The molecule has 0 unspecified atom stereocenters. The molecule has 1 amide bonds. The van der Waals surface area contributed by atoms with E-state index in [0.29, 0.717) is 37.7 Å². The van der Waals surface area contributed by atoms with E-state index in [2.05, 4.69) is 20.6 Å². The number of nitro groups is 1. The lowest BCUT2D eigenvalue weighted by Gasteiger charge is -2.32. The van der Waals surface area contributed by atoms with Gasteiger partial charge in [0, 0.05) is 31.3 Å². The molecule has 0 spiro atoms. The highest BCUT2D eigenvalue weighted by atomic mass is 19.4. The Morgan fingerprint density at radius 2 is 2.03 bits per heavy atom. The van der Waals surface area contributed by atoms with Crippen LogP contribution in [-0.4, -0.2) is 58.5 Å². The Morgan fingerprint density at radius 3 is 2.64 bits per heavy atom. The fourth-order valence-electron chi connectivity index (χ4n) is 3.39. The van der Waals surface area contributed by atoms with Crippen LogP contribution in [0.5, 0.6) is 5.75 Å². The molecule has 3 N–H and O–H groups in total. The maximum Gasteiger partial charge on any atom is 0.433 e. The number of non-ortho nitro benzene ring substituents is 1. The number of aromatic amines is 1. The molecule has 3 rings (SSSR count). The summed E-state index contributed by atoms with van der Waals surface area (Å²) < 4.78 is 43.6. The Balaban J connectivity index is 1.53. The molecule has 1 saturated heterocycles. The number of piperidine rings is 1. The number of methoxy groups -OCH3 is 1. The van der Waals surface area contributed by atoms with Gasteiger partial charge in [0.25, 0.3) is 11.2 Å². The van der Waals surface area contributed by atoms with Crippen LogP contribution in [-0.2, 0) is 11.0 Å². The second-order valence-corrected chi connectivity index (χ2v) is 7.36. The Kier molecular flexibility index (Phi) is 7.16. The van der Waals surface area contributed by atoms with E-state index < -0.39 is 22.4 Å². The second-order valence-electron chi connectivity index (χ2n) is 7.36. The number of nitrogens with one attached hydrogen (secondary N) is 3. The number of ether oxygens (including phenoxy) is 1. The third-order valence-corrected chi connectivity index (χ3v) is 5.00. The molecule has 1 fully saturated rings. The number of likely N-dealkylation sites (tertiary alicyclic amines) is 1. The number of carbonyl (C=O) groups is 1. The first-order valence-electron chi connectivity index (χ1n) is 9.85. The topological polar surface area (TPSA) is 142 Å². The number of nitro benzene ring substituents is 1. The molecule has 0 atom stereocenters. The zero-order valence-corrected chi connectivity index (χ0v) is 17.4. The molecule has 0 saturated carbocycles. The van der Waals surface area contributed by atoms with Crippen LogP contribution in [0.4, 0.5) is 30.5 Å². The molecule has 0 bridgehead atoms. The van der Waals surface area contributed by atoms with E-state index in [4.69, 9.17) is 4.74 Å². The Labute approximate surface area is 185 Å². The lowest BCUT2D eigenvalue weighted by Crippen LogP contribution is -2.43. The number of hydrogen-bond donors (Lipinski definition) is 3. The number of nitrogens with zero attached hydrogens (tertiary/aromatic N) is 3. The first-order chi connectivity index (χ1) is 15.5. The molecular weight excluding hydrogens is 449 g/mol. The van der Waals surface area contributed by atoms with Gasteiger partial charge in [-0.2, -0.15) is 13.2 Å². The van der Waals surface area contributed by atoms with Crippen LogP contribution < -0.4 is 20.9 Å². The van der Waals surface area contributed by atoms with Crippen LogP contribution >= 0.6 is 0 Å². The van der Waals surface area contributed by atoms with Gasteiger partial charge in [-0.1, -0.05) is 0 Å². The number of amides is 1. The van der Waals surface area contributed by atoms with Gasteiger partial charge in [0.15, 0.2) is 5.69 Å². The summed E-state index contributed by atoms with van der Waals surface area (Å²) in [6, 6.07) is 4.01. The highest BCUT2D eigenvalue weighted by Crippen LogP contribution is 2.29. The van der Waals surface area contributed by atoms with E-state index >= 15 is 0 Å². The van der Waals surface area contributed by atoms with Crippen LogP contribution in [0, 0.1) is 10.1 Å². The fraction of sp³-hybridized carbons (Fsp3) is 0.421. The minimum absolute atomic E-state index is 0.0471. The minimum Gasteiger partial charge on any atom is -0.494 e. The predicted octanol–water partition coefficient (Wildman–Crippen LogP) is 2.22. The summed E-state index contributed by atoms with van der Waals surface area (Å²) in [6.07, 6.45) is -3.71. The monoisotopic (exact) mass is 470 g/mol. The molecule has 1 aromatic heterocycles. The van der Waals surface area contributed by atoms with Crippen LogP contribution in [0.25, 0.3) is 0 Å². The van der Waals surface area contributed by atoms with E-state index in [1.54, 1.807) is 0 Å². The summed E-state index contributed by atoms with van der Waals surface area (Å²) in [7, 11) is 1.33. The summed E-state index contributed by atoms with van der Waals surface area (Å²) in [5.41, 5.74) is -2.06. The van der Waals surface area contributed by atoms with Crippen molar-refractivity contribution in [2.75, 3.05) is 37.4 Å². The van der Waals surface area contributed by atoms with Gasteiger partial charge in [-0.3, -0.25) is 29.6 Å². The van der Waals surface area contributed by atoms with Gasteiger partial charge in [0.05, 0.1) is 30.3 Å². The van der Waals surface area contributed by atoms with E-state index in [9.17, 15) is 32.9 Å². The van der Waals surface area contributed by atoms with Gasteiger partial charge in [-0.15, -0.1) is 0 Å². The van der Waals surface area contributed by atoms with Crippen molar-refractivity contribution >= 4 is 23.2 Å². The van der Waals surface area contributed by atoms with Gasteiger partial charge in [0.1, 0.15) is 5.75 Å². The molecule has 2 aromatic rings. The number of aromatic nitrogens is 2. The summed E-state index contributed by atoms with van der Waals surface area (Å²) >= 11 is 0. The van der Waals surface area contributed by atoms with Crippen LogP contribution in [0.3, 0.4) is 0 Å². The largest absolute Gasteiger partial charge is 0.494 e. The van der Waals surface area contributed by atoms with E-state index in [1.165, 1.54) is 25.3 Å². The first kappa shape index (κ1) is 24.0. The van der Waals surface area contributed by atoms with E-state index in [-0.39, 0.29) is 35.9 Å². The number of carbonyl (C=O) groups excluding carboxylic acids is 1. The van der Waals surface area contributed by atoms with Crippen LogP contribution in [0.2, 0.25) is 0 Å². The molecule has 178 valence electrons. The first-order valence-corrected chi connectivity index (χ1v) is 9.85. The van der Waals surface area contributed by atoms with E-state index in [1.807, 2.05) is 4.90 Å². The molecule has 33 heavy (non-hydrogen) atoms. The molecule has 11 nitrogen and oxygen atoms in total. The summed E-state index contributed by atoms with van der Waals surface area (Å²) in [6.45, 7) is 1.00. The summed E-state index contributed by atoms with van der Waals surface area (Å²) in [5, 5.41) is 16.3. The maximum absolute atomic E-state index is 12.8. The Morgan fingerprint density at radius 1 is 1.33 bits per heavy atom. The highest BCUT2D eigenvalue weighted by Gasteiger charge is 2.33.